The first-order valence-corrected chi connectivity index (χ1v) is 4.07. The molecule has 1 unspecified atom stereocenters. The first-order valence-electron chi connectivity index (χ1n) is 3.19. The van der Waals surface area contributed by atoms with E-state index in [1.807, 2.05) is 0 Å². The third kappa shape index (κ3) is 1.30. The van der Waals surface area contributed by atoms with Gasteiger partial charge >= 0.3 is 0 Å². The molecule has 60 valence electrons. The second-order valence-corrected chi connectivity index (χ2v) is 3.68. The zero-order chi connectivity index (χ0) is 8.59. The van der Waals surface area contributed by atoms with Gasteiger partial charge in [-0.1, -0.05) is 11.8 Å². The van der Waals surface area contributed by atoms with Crippen LogP contribution in [0.3, 0.4) is 0 Å². The zero-order valence-corrected chi connectivity index (χ0v) is 7.07. The van der Waals surface area contributed by atoms with Crippen LogP contribution in [0.4, 0.5) is 0 Å². The Kier molecular flexibility index (Phi) is 2.04. The summed E-state index contributed by atoms with van der Waals surface area (Å²) in [7, 11) is 0. The number of aliphatic hydroxyl groups excluding tert-OH is 1. The molecule has 0 bridgehead atoms. The van der Waals surface area contributed by atoms with Gasteiger partial charge in [-0.25, -0.2) is 0 Å². The number of hydrogen-bond donors (Lipinski definition) is 1. The van der Waals surface area contributed by atoms with E-state index in [1.54, 1.807) is 6.92 Å². The van der Waals surface area contributed by atoms with E-state index in [0.717, 1.165) is 11.8 Å². The van der Waals surface area contributed by atoms with Gasteiger partial charge < -0.3 is 5.11 Å². The Bertz CT molecular complexity index is 254. The Morgan fingerprint density at radius 3 is 2.36 bits per heavy atom. The summed E-state index contributed by atoms with van der Waals surface area (Å²) in [4.78, 5) is 21.7. The Labute approximate surface area is 68.5 Å². The molecular weight excluding hydrogens is 164 g/mol. The summed E-state index contributed by atoms with van der Waals surface area (Å²) in [6.45, 7) is 2.97. The molecule has 1 aliphatic heterocycles. The van der Waals surface area contributed by atoms with E-state index in [-0.39, 0.29) is 27.5 Å². The van der Waals surface area contributed by atoms with Gasteiger partial charge in [0.05, 0.1) is 5.25 Å². The maximum Gasteiger partial charge on any atom is 0.227 e. The molecule has 0 saturated carbocycles. The van der Waals surface area contributed by atoms with Crippen molar-refractivity contribution in [3.05, 3.63) is 11.3 Å². The van der Waals surface area contributed by atoms with E-state index in [1.165, 1.54) is 6.92 Å². The molecule has 1 rings (SSSR count). The number of aliphatic hydroxyl groups is 1. The van der Waals surface area contributed by atoms with Crippen LogP contribution in [-0.2, 0) is 9.59 Å². The summed E-state index contributed by atoms with van der Waals surface area (Å²) >= 11 is 0.981. The van der Waals surface area contributed by atoms with Crippen molar-refractivity contribution in [2.24, 2.45) is 0 Å². The number of Topliss-reactive ketones (excluding diaryl/α,β-unsaturated/α-hetero) is 1. The van der Waals surface area contributed by atoms with Crippen LogP contribution in [0.2, 0.25) is 0 Å². The first-order chi connectivity index (χ1) is 5.04. The van der Waals surface area contributed by atoms with Gasteiger partial charge in [-0.3, -0.25) is 9.59 Å². The lowest BCUT2D eigenvalue weighted by molar-refractivity contribution is -0.116. The van der Waals surface area contributed by atoms with Crippen molar-refractivity contribution in [1.29, 1.82) is 0 Å². The summed E-state index contributed by atoms with van der Waals surface area (Å²) in [5.74, 6) is -0.433. The fourth-order valence-electron chi connectivity index (χ4n) is 0.907. The summed E-state index contributed by atoms with van der Waals surface area (Å²) < 4.78 is 0. The predicted molar refractivity (Wildman–Crippen MR) is 42.4 cm³/mol. The van der Waals surface area contributed by atoms with Crippen molar-refractivity contribution in [3.8, 4) is 0 Å². The van der Waals surface area contributed by atoms with E-state index in [0.29, 0.717) is 0 Å². The van der Waals surface area contributed by atoms with E-state index in [9.17, 15) is 14.7 Å². The average Bonchev–Trinajstić information content (AvgIpc) is 2.07. The van der Waals surface area contributed by atoms with Crippen molar-refractivity contribution < 1.29 is 14.7 Å². The highest BCUT2D eigenvalue weighted by Gasteiger charge is 2.32. The van der Waals surface area contributed by atoms with Crippen LogP contribution >= 0.6 is 11.8 Å². The van der Waals surface area contributed by atoms with Crippen molar-refractivity contribution in [1.82, 2.24) is 0 Å². The highest BCUT2D eigenvalue weighted by Crippen LogP contribution is 2.32. The van der Waals surface area contributed by atoms with Crippen LogP contribution in [0.5, 0.6) is 0 Å². The third-order valence-corrected chi connectivity index (χ3v) is 2.48. The zero-order valence-electron chi connectivity index (χ0n) is 6.25. The maximum absolute atomic E-state index is 11.0. The van der Waals surface area contributed by atoms with Gasteiger partial charge in [-0.15, -0.1) is 0 Å². The number of carbonyl (C=O) groups excluding carboxylic acids is 2. The van der Waals surface area contributed by atoms with Crippen LogP contribution < -0.4 is 0 Å². The fourth-order valence-corrected chi connectivity index (χ4v) is 1.82. The molecule has 1 aliphatic rings. The van der Waals surface area contributed by atoms with Crippen LogP contribution in [-0.4, -0.2) is 21.3 Å². The molecule has 0 aromatic carbocycles. The van der Waals surface area contributed by atoms with Gasteiger partial charge in [0.1, 0.15) is 11.3 Å². The van der Waals surface area contributed by atoms with E-state index < -0.39 is 0 Å². The topological polar surface area (TPSA) is 54.4 Å². The Morgan fingerprint density at radius 1 is 1.64 bits per heavy atom. The molecule has 0 radical (unpaired) electrons. The van der Waals surface area contributed by atoms with Gasteiger partial charge in [0.2, 0.25) is 5.12 Å². The quantitative estimate of drug-likeness (QED) is 0.600. The lowest BCUT2D eigenvalue weighted by Crippen LogP contribution is -2.04. The van der Waals surface area contributed by atoms with Crippen molar-refractivity contribution in [2.75, 3.05) is 0 Å². The smallest absolute Gasteiger partial charge is 0.227 e. The van der Waals surface area contributed by atoms with E-state index >= 15 is 0 Å². The molecule has 0 amide bonds. The second kappa shape index (κ2) is 2.70. The van der Waals surface area contributed by atoms with Crippen LogP contribution in [0.25, 0.3) is 0 Å². The summed E-state index contributed by atoms with van der Waals surface area (Å²) in [6.07, 6.45) is 0. The van der Waals surface area contributed by atoms with Gasteiger partial charge in [0, 0.05) is 0 Å². The van der Waals surface area contributed by atoms with Crippen molar-refractivity contribution in [3.63, 3.8) is 0 Å². The largest absolute Gasteiger partial charge is 0.510 e. The normalized spacial score (nSPS) is 24.5. The van der Waals surface area contributed by atoms with Crippen molar-refractivity contribution >= 4 is 22.7 Å². The van der Waals surface area contributed by atoms with Crippen LogP contribution in [0.15, 0.2) is 11.3 Å². The minimum Gasteiger partial charge on any atom is -0.510 e. The number of rotatable bonds is 1. The van der Waals surface area contributed by atoms with Gasteiger partial charge in [-0.05, 0) is 13.8 Å². The van der Waals surface area contributed by atoms with Gasteiger partial charge in [-0.2, -0.15) is 0 Å². The molecule has 0 aromatic rings. The fraction of sp³-hybridized carbons (Fsp3) is 0.429. The van der Waals surface area contributed by atoms with Gasteiger partial charge in [0.15, 0.2) is 5.78 Å². The minimum atomic E-state index is -0.357. The number of carbonyl (C=O) groups is 2. The number of thioether (sulfide) groups is 1. The highest BCUT2D eigenvalue weighted by atomic mass is 32.2. The Morgan fingerprint density at radius 2 is 2.18 bits per heavy atom. The monoisotopic (exact) mass is 172 g/mol. The standard InChI is InChI=1S/C7H8O3S/c1-3(8)5-6(9)4(2)11-7(5)10/h4,9H,1-2H3. The molecule has 0 aromatic heterocycles. The van der Waals surface area contributed by atoms with Gasteiger partial charge in [0.25, 0.3) is 0 Å². The van der Waals surface area contributed by atoms with Crippen LogP contribution in [0.1, 0.15) is 13.8 Å². The summed E-state index contributed by atoms with van der Waals surface area (Å²) in [5.41, 5.74) is -0.0394. The molecule has 11 heavy (non-hydrogen) atoms. The van der Waals surface area contributed by atoms with Crippen molar-refractivity contribution in [2.45, 2.75) is 19.1 Å². The second-order valence-electron chi connectivity index (χ2n) is 2.36. The van der Waals surface area contributed by atoms with E-state index in [4.69, 9.17) is 0 Å². The molecule has 4 heteroatoms. The Balaban J connectivity index is 3.07. The molecule has 1 atom stereocenters. The first kappa shape index (κ1) is 8.33. The molecule has 1 heterocycles. The SMILES string of the molecule is CC(=O)C1=C(O)C(C)SC1=O. The minimum absolute atomic E-state index is 0.0394. The molecule has 0 fully saturated rings. The lowest BCUT2D eigenvalue weighted by Gasteiger charge is -1.96. The molecular formula is C7H8O3S. The molecule has 1 N–H and O–H groups in total. The molecule has 0 spiro atoms. The summed E-state index contributed by atoms with van der Waals surface area (Å²) in [6, 6.07) is 0. The Hall–Kier alpha value is -0.770. The number of ketones is 1. The molecule has 0 aliphatic carbocycles. The average molecular weight is 172 g/mol. The maximum atomic E-state index is 11.0. The lowest BCUT2D eigenvalue weighted by atomic mass is 10.1. The van der Waals surface area contributed by atoms with Crippen LogP contribution in [0, 0.1) is 0 Å². The molecule has 0 saturated heterocycles. The predicted octanol–water partition coefficient (Wildman–Crippen LogP) is 1.05. The molecule has 3 nitrogen and oxygen atoms in total. The number of hydrogen-bond acceptors (Lipinski definition) is 4. The third-order valence-electron chi connectivity index (χ3n) is 1.48. The highest BCUT2D eigenvalue weighted by molar-refractivity contribution is 8.15. The summed E-state index contributed by atoms with van der Waals surface area (Å²) in [5, 5.41) is 8.64. The van der Waals surface area contributed by atoms with E-state index in [2.05, 4.69) is 0 Å².